The van der Waals surface area contributed by atoms with E-state index in [2.05, 4.69) is 17.0 Å². The molecule has 2 rings (SSSR count). The predicted octanol–water partition coefficient (Wildman–Crippen LogP) is 1.94. The van der Waals surface area contributed by atoms with E-state index < -0.39 is 5.97 Å². The minimum atomic E-state index is -0.889. The van der Waals surface area contributed by atoms with Crippen molar-refractivity contribution in [2.24, 2.45) is 5.92 Å². The number of carbonyl (C=O) groups excluding carboxylic acids is 1. The van der Waals surface area contributed by atoms with E-state index in [-0.39, 0.29) is 18.1 Å². The summed E-state index contributed by atoms with van der Waals surface area (Å²) in [5.74, 6) is -1.15. The van der Waals surface area contributed by atoms with Crippen LogP contribution in [0.2, 0.25) is 0 Å². The van der Waals surface area contributed by atoms with Crippen LogP contribution >= 0.6 is 0 Å². The SMILES string of the molecule is O=C(O)CC1CN(Cc2ccccc2)CCCC1=O. The zero-order valence-corrected chi connectivity index (χ0v) is 10.9. The molecule has 19 heavy (non-hydrogen) atoms. The van der Waals surface area contributed by atoms with Crippen LogP contribution in [0.5, 0.6) is 0 Å². The maximum Gasteiger partial charge on any atom is 0.304 e. The first-order chi connectivity index (χ1) is 9.15. The fourth-order valence-corrected chi connectivity index (χ4v) is 2.56. The molecule has 1 saturated heterocycles. The Morgan fingerprint density at radius 2 is 2.05 bits per heavy atom. The molecule has 1 N–H and O–H groups in total. The van der Waals surface area contributed by atoms with Crippen LogP contribution in [0.15, 0.2) is 30.3 Å². The molecule has 0 radical (unpaired) electrons. The van der Waals surface area contributed by atoms with E-state index in [1.807, 2.05) is 18.2 Å². The Balaban J connectivity index is 2.00. The molecule has 1 unspecified atom stereocenters. The third kappa shape index (κ3) is 4.17. The number of likely N-dealkylation sites (tertiary alicyclic amines) is 1. The van der Waals surface area contributed by atoms with Crippen molar-refractivity contribution < 1.29 is 14.7 Å². The lowest BCUT2D eigenvalue weighted by atomic mass is 9.98. The van der Waals surface area contributed by atoms with Crippen molar-refractivity contribution >= 4 is 11.8 Å². The number of carbonyl (C=O) groups is 2. The average Bonchev–Trinajstić information content (AvgIpc) is 2.53. The van der Waals surface area contributed by atoms with E-state index in [4.69, 9.17) is 5.11 Å². The zero-order chi connectivity index (χ0) is 13.7. The molecule has 0 aliphatic carbocycles. The lowest BCUT2D eigenvalue weighted by Crippen LogP contribution is -2.31. The fourth-order valence-electron chi connectivity index (χ4n) is 2.56. The van der Waals surface area contributed by atoms with E-state index in [0.29, 0.717) is 13.0 Å². The molecule has 0 spiro atoms. The summed E-state index contributed by atoms with van der Waals surface area (Å²) in [6, 6.07) is 10.1. The van der Waals surface area contributed by atoms with Crippen LogP contribution in [-0.2, 0) is 16.1 Å². The number of hydrogen-bond acceptors (Lipinski definition) is 3. The first-order valence-electron chi connectivity index (χ1n) is 6.66. The molecule has 1 aliphatic heterocycles. The number of carboxylic acids is 1. The molecule has 1 aromatic rings. The van der Waals surface area contributed by atoms with Gasteiger partial charge in [-0.1, -0.05) is 30.3 Å². The summed E-state index contributed by atoms with van der Waals surface area (Å²) in [4.78, 5) is 24.9. The van der Waals surface area contributed by atoms with E-state index in [1.165, 1.54) is 5.56 Å². The van der Waals surface area contributed by atoms with Crippen LogP contribution < -0.4 is 0 Å². The van der Waals surface area contributed by atoms with Crippen molar-refractivity contribution in [2.75, 3.05) is 13.1 Å². The number of Topliss-reactive ketones (excluding diaryl/α,β-unsaturated/α-hetero) is 1. The van der Waals surface area contributed by atoms with Crippen LogP contribution in [-0.4, -0.2) is 34.8 Å². The number of carboxylic acid groups (broad SMARTS) is 1. The van der Waals surface area contributed by atoms with E-state index >= 15 is 0 Å². The standard InChI is InChI=1S/C15H19NO3/c17-14-7-4-8-16(11-13(14)9-15(18)19)10-12-5-2-1-3-6-12/h1-3,5-6,13H,4,7-11H2,(H,18,19). The molecule has 102 valence electrons. The molecule has 1 fully saturated rings. The Morgan fingerprint density at radius 1 is 1.32 bits per heavy atom. The van der Waals surface area contributed by atoms with Crippen LogP contribution in [0, 0.1) is 5.92 Å². The normalized spacial score (nSPS) is 21.1. The second-order valence-electron chi connectivity index (χ2n) is 5.09. The van der Waals surface area contributed by atoms with Gasteiger partial charge in [-0.05, 0) is 18.5 Å². The largest absolute Gasteiger partial charge is 0.481 e. The van der Waals surface area contributed by atoms with Crippen LogP contribution in [0.1, 0.15) is 24.8 Å². The molecule has 1 aromatic carbocycles. The van der Waals surface area contributed by atoms with E-state index in [9.17, 15) is 9.59 Å². The van der Waals surface area contributed by atoms with Crippen molar-refractivity contribution in [3.8, 4) is 0 Å². The third-order valence-corrected chi connectivity index (χ3v) is 3.50. The highest BCUT2D eigenvalue weighted by Crippen LogP contribution is 2.18. The summed E-state index contributed by atoms with van der Waals surface area (Å²) in [6.07, 6.45) is 1.27. The predicted molar refractivity (Wildman–Crippen MR) is 71.7 cm³/mol. The van der Waals surface area contributed by atoms with Gasteiger partial charge in [0.15, 0.2) is 0 Å². The van der Waals surface area contributed by atoms with Gasteiger partial charge >= 0.3 is 5.97 Å². The monoisotopic (exact) mass is 261 g/mol. The highest BCUT2D eigenvalue weighted by molar-refractivity contribution is 5.85. The first kappa shape index (κ1) is 13.7. The second kappa shape index (κ2) is 6.48. The van der Waals surface area contributed by atoms with Gasteiger partial charge in [0.25, 0.3) is 0 Å². The summed E-state index contributed by atoms with van der Waals surface area (Å²) in [6.45, 7) is 2.20. The molecule has 0 saturated carbocycles. The summed E-state index contributed by atoms with van der Waals surface area (Å²) in [5.41, 5.74) is 1.20. The minimum Gasteiger partial charge on any atom is -0.481 e. The molecule has 0 aromatic heterocycles. The molecule has 0 amide bonds. The number of ketones is 1. The number of aliphatic carboxylic acids is 1. The summed E-state index contributed by atoms with van der Waals surface area (Å²) in [5, 5.41) is 8.88. The van der Waals surface area contributed by atoms with Crippen LogP contribution in [0.4, 0.5) is 0 Å². The number of hydrogen-bond donors (Lipinski definition) is 1. The van der Waals surface area contributed by atoms with Gasteiger partial charge in [0.1, 0.15) is 5.78 Å². The average molecular weight is 261 g/mol. The molecular formula is C15H19NO3. The molecule has 1 heterocycles. The lowest BCUT2D eigenvalue weighted by molar-refractivity contribution is -0.140. The summed E-state index contributed by atoms with van der Waals surface area (Å²) < 4.78 is 0. The van der Waals surface area contributed by atoms with Gasteiger partial charge in [0.05, 0.1) is 6.42 Å². The fraction of sp³-hybridized carbons (Fsp3) is 0.467. The summed E-state index contributed by atoms with van der Waals surface area (Å²) in [7, 11) is 0. The van der Waals surface area contributed by atoms with Crippen molar-refractivity contribution in [1.29, 1.82) is 0 Å². The van der Waals surface area contributed by atoms with Gasteiger partial charge in [-0.3, -0.25) is 14.5 Å². The highest BCUT2D eigenvalue weighted by Gasteiger charge is 2.26. The molecule has 1 aliphatic rings. The number of benzene rings is 1. The van der Waals surface area contributed by atoms with Crippen molar-refractivity contribution in [3.63, 3.8) is 0 Å². The molecular weight excluding hydrogens is 242 g/mol. The van der Waals surface area contributed by atoms with Gasteiger partial charge < -0.3 is 5.11 Å². The topological polar surface area (TPSA) is 57.6 Å². The Labute approximate surface area is 113 Å². The number of rotatable bonds is 4. The molecule has 4 nitrogen and oxygen atoms in total. The maximum absolute atomic E-state index is 11.9. The Bertz CT molecular complexity index is 444. The number of nitrogens with zero attached hydrogens (tertiary/aromatic N) is 1. The van der Waals surface area contributed by atoms with Gasteiger partial charge in [0, 0.05) is 25.4 Å². The van der Waals surface area contributed by atoms with Gasteiger partial charge in [0.2, 0.25) is 0 Å². The lowest BCUT2D eigenvalue weighted by Gasteiger charge is -2.22. The van der Waals surface area contributed by atoms with Gasteiger partial charge in [-0.15, -0.1) is 0 Å². The van der Waals surface area contributed by atoms with E-state index in [0.717, 1.165) is 19.5 Å². The minimum absolute atomic E-state index is 0.0515. The second-order valence-corrected chi connectivity index (χ2v) is 5.09. The van der Waals surface area contributed by atoms with Gasteiger partial charge in [-0.2, -0.15) is 0 Å². The quantitative estimate of drug-likeness (QED) is 0.900. The zero-order valence-electron chi connectivity index (χ0n) is 10.9. The van der Waals surface area contributed by atoms with Crippen LogP contribution in [0.3, 0.4) is 0 Å². The van der Waals surface area contributed by atoms with Crippen molar-refractivity contribution in [3.05, 3.63) is 35.9 Å². The Morgan fingerprint density at radius 3 is 2.74 bits per heavy atom. The third-order valence-electron chi connectivity index (χ3n) is 3.50. The Hall–Kier alpha value is -1.68. The highest BCUT2D eigenvalue weighted by atomic mass is 16.4. The smallest absolute Gasteiger partial charge is 0.304 e. The summed E-state index contributed by atoms with van der Waals surface area (Å²) >= 11 is 0. The molecule has 1 atom stereocenters. The van der Waals surface area contributed by atoms with Crippen molar-refractivity contribution in [2.45, 2.75) is 25.8 Å². The molecule has 4 heteroatoms. The first-order valence-corrected chi connectivity index (χ1v) is 6.66. The van der Waals surface area contributed by atoms with E-state index in [1.54, 1.807) is 0 Å². The van der Waals surface area contributed by atoms with Crippen molar-refractivity contribution in [1.82, 2.24) is 4.90 Å². The maximum atomic E-state index is 11.9. The Kier molecular flexibility index (Phi) is 4.68. The van der Waals surface area contributed by atoms with Crippen LogP contribution in [0.25, 0.3) is 0 Å². The van der Waals surface area contributed by atoms with Gasteiger partial charge in [-0.25, -0.2) is 0 Å². The molecule has 0 bridgehead atoms.